The van der Waals surface area contributed by atoms with Crippen molar-refractivity contribution in [3.8, 4) is 0 Å². The maximum absolute atomic E-state index is 12.7. The number of carbonyl (C=O) groups is 1. The van der Waals surface area contributed by atoms with E-state index in [2.05, 4.69) is 38.4 Å². The van der Waals surface area contributed by atoms with E-state index >= 15 is 0 Å². The van der Waals surface area contributed by atoms with Crippen molar-refractivity contribution in [1.82, 2.24) is 14.9 Å². The zero-order valence-electron chi connectivity index (χ0n) is 15.0. The van der Waals surface area contributed by atoms with Crippen molar-refractivity contribution in [3.05, 3.63) is 61.5 Å². The molecule has 146 valence electrons. The monoisotopic (exact) mass is 482 g/mol. The lowest BCUT2D eigenvalue weighted by molar-refractivity contribution is 0.101. The van der Waals surface area contributed by atoms with Gasteiger partial charge in [0.25, 0.3) is 5.91 Å². The summed E-state index contributed by atoms with van der Waals surface area (Å²) in [4.78, 5) is 12.7. The number of nitrogens with one attached hydrogen (secondary N) is 1. The van der Waals surface area contributed by atoms with Gasteiger partial charge in [0.2, 0.25) is 0 Å². The predicted octanol–water partition coefficient (Wildman–Crippen LogP) is 5.37. The second-order valence-corrected chi connectivity index (χ2v) is 8.69. The highest BCUT2D eigenvalue weighted by Gasteiger charge is 2.27. The molecular formula is C19H17BrCl2N4O2. The molecule has 0 bridgehead atoms. The molecule has 3 aromatic rings. The molecule has 9 heteroatoms. The number of rotatable bonds is 4. The summed E-state index contributed by atoms with van der Waals surface area (Å²) in [5.74, 6) is 1.41. The van der Waals surface area contributed by atoms with Crippen LogP contribution in [0, 0.1) is 5.92 Å². The number of benzene rings is 1. The van der Waals surface area contributed by atoms with Crippen molar-refractivity contribution in [2.24, 2.45) is 5.92 Å². The Labute approximate surface area is 180 Å². The van der Waals surface area contributed by atoms with E-state index in [4.69, 9.17) is 27.7 Å². The molecule has 1 amide bonds. The summed E-state index contributed by atoms with van der Waals surface area (Å²) in [6, 6.07) is 5.31. The molecule has 0 radical (unpaired) electrons. The first-order valence-electron chi connectivity index (χ1n) is 8.86. The van der Waals surface area contributed by atoms with E-state index in [1.54, 1.807) is 23.0 Å². The van der Waals surface area contributed by atoms with Crippen molar-refractivity contribution in [2.75, 3.05) is 5.32 Å². The molecule has 0 saturated carbocycles. The number of hydrogen-bond acceptors (Lipinski definition) is 4. The van der Waals surface area contributed by atoms with Crippen LogP contribution in [0.3, 0.4) is 0 Å². The number of nitrogens with zero attached hydrogens (tertiary/aromatic N) is 3. The molecule has 0 aliphatic heterocycles. The van der Waals surface area contributed by atoms with Gasteiger partial charge in [0, 0.05) is 28.2 Å². The minimum absolute atomic E-state index is 0.324. The van der Waals surface area contributed by atoms with Gasteiger partial charge in [-0.05, 0) is 52.4 Å². The second-order valence-electron chi connectivity index (χ2n) is 6.99. The summed E-state index contributed by atoms with van der Waals surface area (Å²) >= 11 is 15.6. The van der Waals surface area contributed by atoms with Gasteiger partial charge >= 0.3 is 0 Å². The lowest BCUT2D eigenvalue weighted by Gasteiger charge is -2.16. The topological polar surface area (TPSA) is 73.0 Å². The van der Waals surface area contributed by atoms with Gasteiger partial charge in [0.1, 0.15) is 5.76 Å². The van der Waals surface area contributed by atoms with E-state index in [0.29, 0.717) is 38.5 Å². The second kappa shape index (κ2) is 7.89. The van der Waals surface area contributed by atoms with Gasteiger partial charge in [-0.15, -0.1) is 0 Å². The zero-order chi connectivity index (χ0) is 19.8. The minimum Gasteiger partial charge on any atom is -0.360 e. The van der Waals surface area contributed by atoms with E-state index in [9.17, 15) is 4.79 Å². The Morgan fingerprint density at radius 2 is 2.25 bits per heavy atom. The highest BCUT2D eigenvalue weighted by molar-refractivity contribution is 9.10. The molecule has 1 N–H and O–H groups in total. The molecule has 0 fully saturated rings. The Hall–Kier alpha value is -1.83. The molecule has 0 spiro atoms. The standard InChI is InChI=1S/C19H17BrCl2N4O2/c1-10-2-5-16-13(6-10)17(25-28-16)19(27)23-18-14(20)9-26(24-18)8-11-3-4-12(21)7-15(11)22/h3-4,7,9-10H,2,5-6,8H2,1H3,(H,23,24,27). The number of aromatic nitrogens is 3. The fourth-order valence-corrected chi connectivity index (χ4v) is 4.19. The minimum atomic E-state index is -0.324. The Bertz CT molecular complexity index is 1050. The van der Waals surface area contributed by atoms with Crippen LogP contribution in [0.1, 0.15) is 40.7 Å². The zero-order valence-corrected chi connectivity index (χ0v) is 18.1. The molecule has 1 aliphatic rings. The first-order chi connectivity index (χ1) is 13.4. The number of hydrogen-bond donors (Lipinski definition) is 1. The third-order valence-corrected chi connectivity index (χ3v) is 5.97. The number of fused-ring (bicyclic) bond motifs is 1. The number of halogens is 3. The Morgan fingerprint density at radius 3 is 3.04 bits per heavy atom. The van der Waals surface area contributed by atoms with Gasteiger partial charge in [0.15, 0.2) is 11.5 Å². The fraction of sp³-hybridized carbons (Fsp3) is 0.316. The van der Waals surface area contributed by atoms with Gasteiger partial charge in [0.05, 0.1) is 11.0 Å². The van der Waals surface area contributed by atoms with Crippen LogP contribution in [0.25, 0.3) is 0 Å². The molecule has 1 unspecified atom stereocenters. The highest BCUT2D eigenvalue weighted by atomic mass is 79.9. The van der Waals surface area contributed by atoms with E-state index in [-0.39, 0.29) is 5.91 Å². The van der Waals surface area contributed by atoms with Crippen molar-refractivity contribution >= 4 is 50.9 Å². The quantitative estimate of drug-likeness (QED) is 0.541. The lowest BCUT2D eigenvalue weighted by atomic mass is 9.88. The molecule has 6 nitrogen and oxygen atoms in total. The third kappa shape index (κ3) is 3.97. The fourth-order valence-electron chi connectivity index (χ4n) is 3.31. The van der Waals surface area contributed by atoms with Crippen LogP contribution in [0.15, 0.2) is 33.4 Å². The molecule has 1 aliphatic carbocycles. The molecule has 1 atom stereocenters. The summed E-state index contributed by atoms with van der Waals surface area (Å²) in [6.07, 6.45) is 4.44. The predicted molar refractivity (Wildman–Crippen MR) is 111 cm³/mol. The van der Waals surface area contributed by atoms with Gasteiger partial charge in [-0.3, -0.25) is 9.48 Å². The normalized spacial score (nSPS) is 16.1. The van der Waals surface area contributed by atoms with Gasteiger partial charge in [-0.1, -0.05) is 41.3 Å². The molecule has 28 heavy (non-hydrogen) atoms. The Morgan fingerprint density at radius 1 is 1.43 bits per heavy atom. The average molecular weight is 484 g/mol. The van der Waals surface area contributed by atoms with E-state index in [1.165, 1.54) is 0 Å². The van der Waals surface area contributed by atoms with Gasteiger partial charge < -0.3 is 9.84 Å². The van der Waals surface area contributed by atoms with Crippen LogP contribution in [0.5, 0.6) is 0 Å². The Balaban J connectivity index is 1.51. The molecular weight excluding hydrogens is 467 g/mol. The summed E-state index contributed by atoms with van der Waals surface area (Å²) in [6.45, 7) is 2.61. The van der Waals surface area contributed by atoms with Crippen molar-refractivity contribution < 1.29 is 9.32 Å². The largest absolute Gasteiger partial charge is 0.360 e. The number of anilines is 1. The Kier molecular flexibility index (Phi) is 5.49. The maximum Gasteiger partial charge on any atom is 0.279 e. The summed E-state index contributed by atoms with van der Waals surface area (Å²) in [7, 11) is 0. The van der Waals surface area contributed by atoms with E-state index in [0.717, 1.165) is 36.1 Å². The third-order valence-electron chi connectivity index (χ3n) is 4.80. The SMILES string of the molecule is CC1CCc2onc(C(=O)Nc3nn(Cc4ccc(Cl)cc4Cl)cc3Br)c2C1. The average Bonchev–Trinajstić information content (AvgIpc) is 3.20. The van der Waals surface area contributed by atoms with Gasteiger partial charge in [-0.2, -0.15) is 5.10 Å². The summed E-state index contributed by atoms with van der Waals surface area (Å²) in [5.41, 5.74) is 2.11. The number of carbonyl (C=O) groups excluding carboxylic acids is 1. The molecule has 4 rings (SSSR count). The first-order valence-corrected chi connectivity index (χ1v) is 10.4. The molecule has 2 heterocycles. The van der Waals surface area contributed by atoms with Crippen LogP contribution in [-0.2, 0) is 19.4 Å². The summed E-state index contributed by atoms with van der Waals surface area (Å²) in [5, 5.41) is 12.4. The lowest BCUT2D eigenvalue weighted by Crippen LogP contribution is -2.18. The van der Waals surface area contributed by atoms with Crippen molar-refractivity contribution in [2.45, 2.75) is 32.7 Å². The number of amides is 1. The first kappa shape index (κ1) is 19.5. The van der Waals surface area contributed by atoms with Crippen LogP contribution < -0.4 is 5.32 Å². The molecule has 0 saturated heterocycles. The smallest absolute Gasteiger partial charge is 0.279 e. The van der Waals surface area contributed by atoms with Crippen LogP contribution in [-0.4, -0.2) is 20.8 Å². The number of aryl methyl sites for hydroxylation is 1. The van der Waals surface area contributed by atoms with Crippen LogP contribution in [0.4, 0.5) is 5.82 Å². The summed E-state index contributed by atoms with van der Waals surface area (Å²) < 4.78 is 7.71. The van der Waals surface area contributed by atoms with Crippen molar-refractivity contribution in [1.29, 1.82) is 0 Å². The molecule has 1 aromatic carbocycles. The van der Waals surface area contributed by atoms with Crippen LogP contribution in [0.2, 0.25) is 10.0 Å². The van der Waals surface area contributed by atoms with Crippen LogP contribution >= 0.6 is 39.1 Å². The van der Waals surface area contributed by atoms with Gasteiger partial charge in [-0.25, -0.2) is 0 Å². The molecule has 2 aromatic heterocycles. The van der Waals surface area contributed by atoms with E-state index in [1.807, 2.05) is 6.07 Å². The van der Waals surface area contributed by atoms with E-state index < -0.39 is 0 Å². The van der Waals surface area contributed by atoms with Crippen molar-refractivity contribution in [3.63, 3.8) is 0 Å². The maximum atomic E-state index is 12.7. The highest BCUT2D eigenvalue weighted by Crippen LogP contribution is 2.29.